The highest BCUT2D eigenvalue weighted by Gasteiger charge is 2.31. The van der Waals surface area contributed by atoms with E-state index in [9.17, 15) is 13.2 Å². The summed E-state index contributed by atoms with van der Waals surface area (Å²) in [6, 6.07) is 1.70. The monoisotopic (exact) mass is 424 g/mol. The second-order valence-electron chi connectivity index (χ2n) is 7.06. The zero-order chi connectivity index (χ0) is 20.6. The molecule has 2 aromatic rings. The lowest BCUT2D eigenvalue weighted by Gasteiger charge is -2.17. The molecule has 2 aromatic heterocycles. The van der Waals surface area contributed by atoms with Crippen molar-refractivity contribution < 1.29 is 13.2 Å². The van der Waals surface area contributed by atoms with Crippen LogP contribution < -0.4 is 0 Å². The number of hydrogen-bond acceptors (Lipinski definition) is 5. The van der Waals surface area contributed by atoms with Gasteiger partial charge in [0.2, 0.25) is 10.0 Å². The Morgan fingerprint density at radius 1 is 1.21 bits per heavy atom. The number of carbonyl (C=O) groups excluding carboxylic acids is 1. The fraction of sp³-hybridized carbons (Fsp3) is 0.579. The molecule has 3 heterocycles. The molecule has 3 rings (SSSR count). The zero-order valence-electron chi connectivity index (χ0n) is 17.2. The Kier molecular flexibility index (Phi) is 5.97. The van der Waals surface area contributed by atoms with Gasteiger partial charge in [0.25, 0.3) is 5.91 Å². The van der Waals surface area contributed by atoms with Crippen molar-refractivity contribution in [2.45, 2.75) is 45.4 Å². The average Bonchev–Trinajstić information content (AvgIpc) is 3.37. The van der Waals surface area contributed by atoms with Crippen LogP contribution in [-0.4, -0.2) is 59.3 Å². The number of rotatable bonds is 6. The van der Waals surface area contributed by atoms with Crippen LogP contribution in [0.1, 0.15) is 47.7 Å². The van der Waals surface area contributed by atoms with E-state index in [1.54, 1.807) is 15.3 Å². The second kappa shape index (κ2) is 7.96. The first-order valence-electron chi connectivity index (χ1n) is 9.65. The third-order valence-electron chi connectivity index (χ3n) is 5.43. The van der Waals surface area contributed by atoms with Gasteiger partial charge >= 0.3 is 0 Å². The minimum absolute atomic E-state index is 0.0258. The van der Waals surface area contributed by atoms with E-state index in [4.69, 9.17) is 0 Å². The normalized spacial score (nSPS) is 15.3. The van der Waals surface area contributed by atoms with Gasteiger partial charge in [-0.05, 0) is 46.6 Å². The Balaban J connectivity index is 2.02. The Morgan fingerprint density at radius 3 is 2.39 bits per heavy atom. The summed E-state index contributed by atoms with van der Waals surface area (Å²) >= 11 is 1.33. The number of thiazole rings is 1. The summed E-state index contributed by atoms with van der Waals surface area (Å²) in [6.45, 7) is 9.98. The lowest BCUT2D eigenvalue weighted by molar-refractivity contribution is 0.0777. The summed E-state index contributed by atoms with van der Waals surface area (Å²) < 4.78 is 29.5. The molecule has 1 aliphatic rings. The Bertz CT molecular complexity index is 981. The second-order valence-corrected chi connectivity index (χ2v) is 9.97. The molecule has 0 atom stereocenters. The van der Waals surface area contributed by atoms with Crippen LogP contribution in [0, 0.1) is 13.8 Å². The molecule has 1 aliphatic heterocycles. The molecule has 1 fully saturated rings. The minimum atomic E-state index is -3.51. The lowest BCUT2D eigenvalue weighted by atomic mass is 10.3. The highest BCUT2D eigenvalue weighted by molar-refractivity contribution is 7.89. The zero-order valence-corrected chi connectivity index (χ0v) is 18.8. The van der Waals surface area contributed by atoms with E-state index in [1.165, 1.54) is 11.3 Å². The van der Waals surface area contributed by atoms with Crippen LogP contribution >= 0.6 is 11.3 Å². The SMILES string of the molecule is CCN(CC)C(=O)c1sc(-c2cc(S(=O)(=O)N3CCCC3)c(C)n2C)nc1C. The van der Waals surface area contributed by atoms with Gasteiger partial charge in [-0.1, -0.05) is 0 Å². The molecule has 1 amide bonds. The molecule has 1 saturated heterocycles. The van der Waals surface area contributed by atoms with E-state index in [0.717, 1.165) is 18.5 Å². The molecule has 0 bridgehead atoms. The first-order valence-corrected chi connectivity index (χ1v) is 11.9. The van der Waals surface area contributed by atoms with Gasteiger partial charge in [-0.25, -0.2) is 13.4 Å². The van der Waals surface area contributed by atoms with Crippen LogP contribution in [0.2, 0.25) is 0 Å². The molecule has 0 spiro atoms. The third kappa shape index (κ3) is 3.51. The predicted octanol–water partition coefficient (Wildman–Crippen LogP) is 3.03. The van der Waals surface area contributed by atoms with Crippen LogP contribution in [0.3, 0.4) is 0 Å². The molecule has 0 aliphatic carbocycles. The number of hydrogen-bond donors (Lipinski definition) is 0. The largest absolute Gasteiger partial charge is 0.345 e. The van der Waals surface area contributed by atoms with Gasteiger partial charge in [-0.2, -0.15) is 4.31 Å². The molecular weight excluding hydrogens is 396 g/mol. The number of aryl methyl sites for hydroxylation is 1. The van der Waals surface area contributed by atoms with E-state index in [-0.39, 0.29) is 5.91 Å². The summed E-state index contributed by atoms with van der Waals surface area (Å²) in [4.78, 5) is 20.0. The van der Waals surface area contributed by atoms with E-state index < -0.39 is 10.0 Å². The maximum atomic E-state index is 13.0. The van der Waals surface area contributed by atoms with Crippen molar-refractivity contribution in [2.75, 3.05) is 26.2 Å². The molecule has 0 unspecified atom stereocenters. The molecular formula is C19H28N4O3S2. The fourth-order valence-corrected chi connectivity index (χ4v) is 6.44. The van der Waals surface area contributed by atoms with Crippen LogP contribution in [0.5, 0.6) is 0 Å². The van der Waals surface area contributed by atoms with Crippen LogP contribution in [0.25, 0.3) is 10.7 Å². The van der Waals surface area contributed by atoms with Gasteiger partial charge in [0.15, 0.2) is 0 Å². The summed E-state index contributed by atoms with van der Waals surface area (Å²) in [5.41, 5.74) is 2.09. The highest BCUT2D eigenvalue weighted by Crippen LogP contribution is 2.34. The summed E-state index contributed by atoms with van der Waals surface area (Å²) in [5.74, 6) is -0.0258. The third-order valence-corrected chi connectivity index (χ3v) is 8.61. The van der Waals surface area contributed by atoms with Crippen LogP contribution in [-0.2, 0) is 17.1 Å². The molecule has 154 valence electrons. The van der Waals surface area contributed by atoms with Crippen molar-refractivity contribution in [2.24, 2.45) is 7.05 Å². The first kappa shape index (κ1) is 21.0. The van der Waals surface area contributed by atoms with Gasteiger partial charge in [0.05, 0.1) is 11.4 Å². The van der Waals surface area contributed by atoms with E-state index in [1.807, 2.05) is 39.3 Å². The maximum Gasteiger partial charge on any atom is 0.265 e. The minimum Gasteiger partial charge on any atom is -0.345 e. The molecule has 7 nitrogen and oxygen atoms in total. The Labute approximate surface area is 171 Å². The predicted molar refractivity (Wildman–Crippen MR) is 111 cm³/mol. The van der Waals surface area contributed by atoms with Crippen molar-refractivity contribution in [3.05, 3.63) is 22.3 Å². The van der Waals surface area contributed by atoms with Gasteiger partial charge in [-0.3, -0.25) is 4.79 Å². The van der Waals surface area contributed by atoms with Crippen molar-refractivity contribution in [1.82, 2.24) is 18.8 Å². The van der Waals surface area contributed by atoms with Gasteiger partial charge < -0.3 is 9.47 Å². The molecule has 0 aromatic carbocycles. The molecule has 9 heteroatoms. The van der Waals surface area contributed by atoms with Crippen molar-refractivity contribution in [1.29, 1.82) is 0 Å². The van der Waals surface area contributed by atoms with Gasteiger partial charge in [0, 0.05) is 38.9 Å². The average molecular weight is 425 g/mol. The van der Waals surface area contributed by atoms with Crippen molar-refractivity contribution >= 4 is 27.3 Å². The summed E-state index contributed by atoms with van der Waals surface area (Å²) in [7, 11) is -1.66. The summed E-state index contributed by atoms with van der Waals surface area (Å²) in [6.07, 6.45) is 1.81. The highest BCUT2D eigenvalue weighted by atomic mass is 32.2. The van der Waals surface area contributed by atoms with Crippen molar-refractivity contribution in [3.63, 3.8) is 0 Å². The quantitative estimate of drug-likeness (QED) is 0.714. The number of aromatic nitrogens is 2. The van der Waals surface area contributed by atoms with Crippen LogP contribution in [0.15, 0.2) is 11.0 Å². The standard InChI is InChI=1S/C19H28N4O3S2/c1-6-22(7-2)19(24)17-13(3)20-18(27-17)15-12-16(14(4)21(15)5)28(25,26)23-10-8-9-11-23/h12H,6-11H2,1-5H3. The van der Waals surface area contributed by atoms with Crippen molar-refractivity contribution in [3.8, 4) is 10.7 Å². The van der Waals surface area contributed by atoms with Gasteiger partial charge in [-0.15, -0.1) is 11.3 Å². The number of sulfonamides is 1. The van der Waals surface area contributed by atoms with Gasteiger partial charge in [0.1, 0.15) is 14.8 Å². The lowest BCUT2D eigenvalue weighted by Crippen LogP contribution is -2.30. The van der Waals surface area contributed by atoms with E-state index >= 15 is 0 Å². The molecule has 0 radical (unpaired) electrons. The fourth-order valence-electron chi connectivity index (χ4n) is 3.56. The molecule has 0 N–H and O–H groups in total. The number of carbonyl (C=O) groups is 1. The first-order chi connectivity index (χ1) is 13.2. The maximum absolute atomic E-state index is 13.0. The number of nitrogens with zero attached hydrogens (tertiary/aromatic N) is 4. The topological polar surface area (TPSA) is 75.5 Å². The molecule has 0 saturated carbocycles. The summed E-state index contributed by atoms with van der Waals surface area (Å²) in [5, 5.41) is 0.668. The number of amides is 1. The van der Waals surface area contributed by atoms with E-state index in [2.05, 4.69) is 4.98 Å². The smallest absolute Gasteiger partial charge is 0.265 e. The Hall–Kier alpha value is -1.71. The van der Waals surface area contributed by atoms with Crippen LogP contribution in [0.4, 0.5) is 0 Å². The molecule has 28 heavy (non-hydrogen) atoms. The Morgan fingerprint density at radius 2 is 1.82 bits per heavy atom. The van der Waals surface area contributed by atoms with E-state index in [0.29, 0.717) is 52.3 Å².